The van der Waals surface area contributed by atoms with E-state index < -0.39 is 0 Å². The summed E-state index contributed by atoms with van der Waals surface area (Å²) in [7, 11) is 1.62. The average Bonchev–Trinajstić information content (AvgIpc) is 2.56. The topological polar surface area (TPSA) is 50.4 Å². The van der Waals surface area contributed by atoms with E-state index in [1.165, 1.54) is 5.56 Å². The van der Waals surface area contributed by atoms with E-state index in [9.17, 15) is 4.79 Å². The summed E-state index contributed by atoms with van der Waals surface area (Å²) in [6, 6.07) is 17.6. The summed E-state index contributed by atoms with van der Waals surface area (Å²) in [6.07, 6.45) is 0. The highest BCUT2D eigenvalue weighted by Crippen LogP contribution is 2.21. The Hall–Kier alpha value is -2.33. The minimum Gasteiger partial charge on any atom is -0.497 e. The molecular weight excluding hydrogens is 288 g/mol. The largest absolute Gasteiger partial charge is 0.497 e. The van der Waals surface area contributed by atoms with Gasteiger partial charge in [-0.2, -0.15) is 0 Å². The minimum absolute atomic E-state index is 0.0586. The van der Waals surface area contributed by atoms with Gasteiger partial charge in [-0.1, -0.05) is 44.2 Å². The maximum Gasteiger partial charge on any atom is 0.238 e. The van der Waals surface area contributed by atoms with Gasteiger partial charge < -0.3 is 15.4 Å². The molecule has 4 heteroatoms. The molecule has 23 heavy (non-hydrogen) atoms. The first kappa shape index (κ1) is 17.0. The van der Waals surface area contributed by atoms with Crippen LogP contribution in [0, 0.1) is 5.92 Å². The van der Waals surface area contributed by atoms with Crippen LogP contribution in [0.1, 0.15) is 25.5 Å². The summed E-state index contributed by atoms with van der Waals surface area (Å²) in [5.74, 6) is 1.10. The smallest absolute Gasteiger partial charge is 0.238 e. The van der Waals surface area contributed by atoms with Crippen molar-refractivity contribution in [3.63, 3.8) is 0 Å². The van der Waals surface area contributed by atoms with Gasteiger partial charge in [0.15, 0.2) is 0 Å². The predicted octanol–water partition coefficient (Wildman–Crippen LogP) is 3.62. The Kier molecular flexibility index (Phi) is 6.18. The first-order valence-electron chi connectivity index (χ1n) is 7.82. The number of ether oxygens (including phenoxy) is 1. The summed E-state index contributed by atoms with van der Waals surface area (Å²) in [5, 5.41) is 6.22. The normalized spacial score (nSPS) is 12.0. The molecule has 2 aromatic rings. The molecule has 0 radical (unpaired) electrons. The fraction of sp³-hybridized carbons (Fsp3) is 0.316. The van der Waals surface area contributed by atoms with Gasteiger partial charge in [0.25, 0.3) is 0 Å². The van der Waals surface area contributed by atoms with E-state index in [0.717, 1.165) is 11.4 Å². The van der Waals surface area contributed by atoms with Gasteiger partial charge in [0.2, 0.25) is 5.91 Å². The van der Waals surface area contributed by atoms with Crippen molar-refractivity contribution in [1.82, 2.24) is 5.32 Å². The van der Waals surface area contributed by atoms with E-state index in [1.54, 1.807) is 7.11 Å². The second kappa shape index (κ2) is 8.34. The third kappa shape index (κ3) is 5.11. The monoisotopic (exact) mass is 312 g/mol. The molecule has 0 saturated carbocycles. The van der Waals surface area contributed by atoms with E-state index >= 15 is 0 Å². The molecule has 0 spiro atoms. The van der Waals surface area contributed by atoms with Crippen molar-refractivity contribution in [2.75, 3.05) is 19.0 Å². The zero-order valence-electron chi connectivity index (χ0n) is 13.9. The molecule has 2 N–H and O–H groups in total. The van der Waals surface area contributed by atoms with Crippen LogP contribution in [-0.4, -0.2) is 19.6 Å². The lowest BCUT2D eigenvalue weighted by Gasteiger charge is -2.22. The highest BCUT2D eigenvalue weighted by Gasteiger charge is 2.16. The zero-order valence-corrected chi connectivity index (χ0v) is 13.9. The van der Waals surface area contributed by atoms with Crippen LogP contribution in [0.3, 0.4) is 0 Å². The maximum absolute atomic E-state index is 12.1. The number of nitrogens with one attached hydrogen (secondary N) is 2. The third-order valence-electron chi connectivity index (χ3n) is 3.68. The van der Waals surface area contributed by atoms with Crippen LogP contribution in [0.2, 0.25) is 0 Å². The number of hydrogen-bond acceptors (Lipinski definition) is 3. The predicted molar refractivity (Wildman–Crippen MR) is 93.6 cm³/mol. The van der Waals surface area contributed by atoms with Gasteiger partial charge in [-0.25, -0.2) is 0 Å². The molecule has 1 atom stereocenters. The van der Waals surface area contributed by atoms with Crippen molar-refractivity contribution in [2.45, 2.75) is 19.9 Å². The second-order valence-electron chi connectivity index (χ2n) is 5.79. The van der Waals surface area contributed by atoms with E-state index in [1.807, 2.05) is 42.5 Å². The summed E-state index contributed by atoms with van der Waals surface area (Å²) in [5.41, 5.74) is 1.96. The van der Waals surface area contributed by atoms with Gasteiger partial charge in [0, 0.05) is 11.7 Å². The van der Waals surface area contributed by atoms with Gasteiger partial charge in [-0.05, 0) is 35.7 Å². The molecule has 2 rings (SSSR count). The fourth-order valence-corrected chi connectivity index (χ4v) is 2.48. The molecule has 0 aliphatic heterocycles. The minimum atomic E-state index is -0.0586. The lowest BCUT2D eigenvalue weighted by molar-refractivity contribution is -0.115. The summed E-state index contributed by atoms with van der Waals surface area (Å²) < 4.78 is 5.10. The molecule has 122 valence electrons. The first-order chi connectivity index (χ1) is 11.1. The highest BCUT2D eigenvalue weighted by atomic mass is 16.5. The standard InChI is InChI=1S/C19H24N2O2/c1-14(2)19(15-7-5-4-6-8-15)20-13-18(22)21-16-9-11-17(23-3)12-10-16/h4-12,14,19-20H,13H2,1-3H3,(H,21,22)/t19-/m1/s1. The molecule has 0 saturated heterocycles. The van der Waals surface area contributed by atoms with Crippen molar-refractivity contribution in [1.29, 1.82) is 0 Å². The fourth-order valence-electron chi connectivity index (χ4n) is 2.48. The molecule has 0 fully saturated rings. The summed E-state index contributed by atoms with van der Waals surface area (Å²) >= 11 is 0. The van der Waals surface area contributed by atoms with E-state index in [2.05, 4.69) is 36.6 Å². The Morgan fingerprint density at radius 2 is 1.70 bits per heavy atom. The Morgan fingerprint density at radius 1 is 1.04 bits per heavy atom. The number of hydrogen-bond donors (Lipinski definition) is 2. The number of rotatable bonds is 7. The van der Waals surface area contributed by atoms with Crippen molar-refractivity contribution < 1.29 is 9.53 Å². The number of amides is 1. The summed E-state index contributed by atoms with van der Waals surface area (Å²) in [6.45, 7) is 4.56. The van der Waals surface area contributed by atoms with Crippen molar-refractivity contribution >= 4 is 11.6 Å². The Bertz CT molecular complexity index is 609. The van der Waals surface area contributed by atoms with Crippen LogP contribution < -0.4 is 15.4 Å². The van der Waals surface area contributed by atoms with Crippen LogP contribution in [0.15, 0.2) is 54.6 Å². The highest BCUT2D eigenvalue weighted by molar-refractivity contribution is 5.92. The number of carbonyl (C=O) groups is 1. The van der Waals surface area contributed by atoms with E-state index in [0.29, 0.717) is 5.92 Å². The van der Waals surface area contributed by atoms with Crippen LogP contribution in [-0.2, 0) is 4.79 Å². The average molecular weight is 312 g/mol. The van der Waals surface area contributed by atoms with Crippen molar-refractivity contribution in [3.05, 3.63) is 60.2 Å². The Morgan fingerprint density at radius 3 is 2.26 bits per heavy atom. The zero-order chi connectivity index (χ0) is 16.7. The summed E-state index contributed by atoms with van der Waals surface area (Å²) in [4.78, 5) is 12.1. The Labute approximate surface area is 137 Å². The SMILES string of the molecule is COc1ccc(NC(=O)CN[C@@H](c2ccccc2)C(C)C)cc1. The molecule has 0 aromatic heterocycles. The molecule has 0 heterocycles. The van der Waals surface area contributed by atoms with Gasteiger partial charge in [-0.15, -0.1) is 0 Å². The number of benzene rings is 2. The van der Waals surface area contributed by atoms with Crippen LogP contribution in [0.5, 0.6) is 5.75 Å². The lowest BCUT2D eigenvalue weighted by atomic mass is 9.96. The molecule has 0 bridgehead atoms. The van der Waals surface area contributed by atoms with Crippen LogP contribution in [0.25, 0.3) is 0 Å². The molecule has 2 aromatic carbocycles. The quantitative estimate of drug-likeness (QED) is 0.821. The first-order valence-corrected chi connectivity index (χ1v) is 7.82. The molecule has 1 amide bonds. The van der Waals surface area contributed by atoms with E-state index in [-0.39, 0.29) is 18.5 Å². The molecule has 0 aliphatic rings. The van der Waals surface area contributed by atoms with Gasteiger partial charge in [0.1, 0.15) is 5.75 Å². The third-order valence-corrected chi connectivity index (χ3v) is 3.68. The molecule has 0 aliphatic carbocycles. The van der Waals surface area contributed by atoms with Crippen molar-refractivity contribution in [3.8, 4) is 5.75 Å². The van der Waals surface area contributed by atoms with Gasteiger partial charge in [-0.3, -0.25) is 4.79 Å². The molecular formula is C19H24N2O2. The molecule has 0 unspecified atom stereocenters. The number of carbonyl (C=O) groups excluding carboxylic acids is 1. The maximum atomic E-state index is 12.1. The Balaban J connectivity index is 1.91. The van der Waals surface area contributed by atoms with Crippen LogP contribution in [0.4, 0.5) is 5.69 Å². The van der Waals surface area contributed by atoms with Gasteiger partial charge in [0.05, 0.1) is 13.7 Å². The molecule has 4 nitrogen and oxygen atoms in total. The second-order valence-corrected chi connectivity index (χ2v) is 5.79. The number of anilines is 1. The van der Waals surface area contributed by atoms with E-state index in [4.69, 9.17) is 4.74 Å². The van der Waals surface area contributed by atoms with Crippen LogP contribution >= 0.6 is 0 Å². The van der Waals surface area contributed by atoms with Crippen molar-refractivity contribution in [2.24, 2.45) is 5.92 Å². The number of methoxy groups -OCH3 is 1. The lowest BCUT2D eigenvalue weighted by Crippen LogP contribution is -2.33. The van der Waals surface area contributed by atoms with Gasteiger partial charge >= 0.3 is 0 Å².